The van der Waals surface area contributed by atoms with E-state index < -0.39 is 5.92 Å². The summed E-state index contributed by atoms with van der Waals surface area (Å²) in [6, 6.07) is 11.0. The first-order valence-corrected chi connectivity index (χ1v) is 13.5. The van der Waals surface area contributed by atoms with E-state index in [0.717, 1.165) is 42.6 Å². The molecule has 38 heavy (non-hydrogen) atoms. The van der Waals surface area contributed by atoms with Crippen molar-refractivity contribution in [3.63, 3.8) is 0 Å². The minimum atomic E-state index is -0.502. The maximum absolute atomic E-state index is 13.1. The van der Waals surface area contributed by atoms with Gasteiger partial charge in [-0.25, -0.2) is 0 Å². The van der Waals surface area contributed by atoms with E-state index in [2.05, 4.69) is 10.6 Å². The molecule has 0 saturated heterocycles. The van der Waals surface area contributed by atoms with Gasteiger partial charge in [-0.1, -0.05) is 29.3 Å². The molecule has 1 heterocycles. The van der Waals surface area contributed by atoms with Gasteiger partial charge in [-0.2, -0.15) is 0 Å². The second kappa shape index (κ2) is 11.0. The third kappa shape index (κ3) is 5.20. The van der Waals surface area contributed by atoms with Crippen molar-refractivity contribution in [2.75, 3.05) is 18.5 Å². The molecule has 0 aromatic heterocycles. The van der Waals surface area contributed by atoms with E-state index in [9.17, 15) is 14.4 Å². The topological polar surface area (TPSA) is 93.7 Å². The smallest absolute Gasteiger partial charge is 0.262 e. The summed E-state index contributed by atoms with van der Waals surface area (Å²) in [5, 5.41) is 6.48. The van der Waals surface area contributed by atoms with Gasteiger partial charge in [0, 0.05) is 47.0 Å². The molecular weight excluding hydrogens is 504 g/mol. The van der Waals surface area contributed by atoms with Gasteiger partial charge in [-0.3, -0.25) is 14.4 Å². The number of allylic oxidation sites excluding steroid dienone is 4. The Balaban J connectivity index is 1.47. The number of anilines is 1. The van der Waals surface area contributed by atoms with Crippen LogP contribution in [0.3, 0.4) is 0 Å². The van der Waals surface area contributed by atoms with E-state index >= 15 is 0 Å². The van der Waals surface area contributed by atoms with Crippen molar-refractivity contribution in [2.45, 2.75) is 58.3 Å². The lowest BCUT2D eigenvalue weighted by Gasteiger charge is -2.37. The molecule has 0 unspecified atom stereocenters. The number of nitrogens with one attached hydrogen (secondary N) is 2. The van der Waals surface area contributed by atoms with Gasteiger partial charge in [0.05, 0.1) is 11.6 Å². The molecule has 198 valence electrons. The Hall–Kier alpha value is -3.58. The molecule has 2 aromatic rings. The number of carbonyl (C=O) groups excluding carboxylic acids is 3. The first-order chi connectivity index (χ1) is 18.4. The maximum Gasteiger partial charge on any atom is 0.262 e. The quantitative estimate of drug-likeness (QED) is 0.468. The summed E-state index contributed by atoms with van der Waals surface area (Å²) in [7, 11) is 0. The molecule has 3 aliphatic rings. The monoisotopic (exact) mass is 534 g/mol. The molecule has 0 atom stereocenters. The van der Waals surface area contributed by atoms with Crippen LogP contribution in [0.2, 0.25) is 5.02 Å². The molecule has 2 aliphatic carbocycles. The molecule has 1 aliphatic heterocycles. The molecule has 5 rings (SSSR count). The molecule has 0 saturated carbocycles. The van der Waals surface area contributed by atoms with Crippen LogP contribution < -0.4 is 20.1 Å². The summed E-state index contributed by atoms with van der Waals surface area (Å²) < 4.78 is 11.7. The van der Waals surface area contributed by atoms with Crippen LogP contribution in [0, 0.1) is 6.92 Å². The number of aryl methyl sites for hydroxylation is 1. The Labute approximate surface area is 227 Å². The van der Waals surface area contributed by atoms with Crippen LogP contribution in [-0.4, -0.2) is 30.7 Å². The van der Waals surface area contributed by atoms with Crippen molar-refractivity contribution in [1.29, 1.82) is 0 Å². The number of ketones is 2. The zero-order chi connectivity index (χ0) is 26.8. The van der Waals surface area contributed by atoms with Gasteiger partial charge < -0.3 is 20.1 Å². The van der Waals surface area contributed by atoms with Crippen molar-refractivity contribution >= 4 is 34.8 Å². The normalized spacial score (nSPS) is 17.6. The number of hydrogen-bond donors (Lipinski definition) is 2. The van der Waals surface area contributed by atoms with E-state index in [1.165, 1.54) is 0 Å². The fourth-order valence-corrected chi connectivity index (χ4v) is 5.72. The zero-order valence-corrected chi connectivity index (χ0v) is 22.4. The van der Waals surface area contributed by atoms with Crippen LogP contribution in [0.15, 0.2) is 58.9 Å². The van der Waals surface area contributed by atoms with Crippen LogP contribution >= 0.6 is 11.6 Å². The molecule has 0 fully saturated rings. The average Bonchev–Trinajstić information content (AvgIpc) is 2.89. The van der Waals surface area contributed by atoms with Crippen molar-refractivity contribution in [3.05, 3.63) is 75.1 Å². The average molecular weight is 535 g/mol. The second-order valence-corrected chi connectivity index (χ2v) is 10.3. The van der Waals surface area contributed by atoms with Gasteiger partial charge in [0.2, 0.25) is 0 Å². The summed E-state index contributed by atoms with van der Waals surface area (Å²) in [5.41, 5.74) is 5.58. The SMILES string of the molecule is CCOc1cc(C2C3=C(CCCC3=O)NC3=C2C(=O)CCC3)cc(Cl)c1OCC(=O)Nc1ccc(C)cc1. The van der Waals surface area contributed by atoms with E-state index in [1.807, 2.05) is 38.1 Å². The molecule has 8 heteroatoms. The molecule has 1 amide bonds. The summed E-state index contributed by atoms with van der Waals surface area (Å²) in [6.45, 7) is 3.90. The molecule has 2 aromatic carbocycles. The Morgan fingerprint density at radius 3 is 2.21 bits per heavy atom. The number of ether oxygens (including phenoxy) is 2. The molecule has 0 radical (unpaired) electrons. The fraction of sp³-hybridized carbons (Fsp3) is 0.367. The minimum Gasteiger partial charge on any atom is -0.490 e. The number of benzene rings is 2. The van der Waals surface area contributed by atoms with Gasteiger partial charge in [0.15, 0.2) is 29.7 Å². The maximum atomic E-state index is 13.1. The lowest BCUT2D eigenvalue weighted by atomic mass is 9.71. The largest absolute Gasteiger partial charge is 0.490 e. The highest BCUT2D eigenvalue weighted by atomic mass is 35.5. The summed E-state index contributed by atoms with van der Waals surface area (Å²) in [6.07, 6.45) is 4.03. The Morgan fingerprint density at radius 1 is 0.974 bits per heavy atom. The van der Waals surface area contributed by atoms with Crippen molar-refractivity contribution in [3.8, 4) is 11.5 Å². The number of dihydropyridines is 1. The van der Waals surface area contributed by atoms with E-state index in [1.54, 1.807) is 12.1 Å². The highest BCUT2D eigenvalue weighted by Crippen LogP contribution is 2.48. The second-order valence-electron chi connectivity index (χ2n) is 9.86. The lowest BCUT2D eigenvalue weighted by Crippen LogP contribution is -2.36. The van der Waals surface area contributed by atoms with E-state index in [0.29, 0.717) is 47.6 Å². The van der Waals surface area contributed by atoms with Crippen molar-refractivity contribution < 1.29 is 23.9 Å². The van der Waals surface area contributed by atoms with Crippen LogP contribution in [0.1, 0.15) is 62.5 Å². The molecule has 0 bridgehead atoms. The Bertz CT molecular complexity index is 1320. The Morgan fingerprint density at radius 2 is 1.61 bits per heavy atom. The molecular formula is C30H31ClN2O5. The van der Waals surface area contributed by atoms with Crippen LogP contribution in [-0.2, 0) is 14.4 Å². The van der Waals surface area contributed by atoms with Gasteiger partial charge in [0.25, 0.3) is 5.91 Å². The number of Topliss-reactive ketones (excluding diaryl/α,β-unsaturated/α-hetero) is 2. The Kier molecular flexibility index (Phi) is 7.56. The summed E-state index contributed by atoms with van der Waals surface area (Å²) in [4.78, 5) is 38.8. The standard InChI is InChI=1S/C30H31ClN2O5/c1-3-37-25-15-18(14-20(31)30(25)38-16-26(36)32-19-12-10-17(2)11-13-19)27-28-21(6-4-8-23(28)34)33-22-7-5-9-24(35)29(22)27/h10-15,27,33H,3-9,16H2,1-2H3,(H,32,36). The summed E-state index contributed by atoms with van der Waals surface area (Å²) >= 11 is 6.72. The van der Waals surface area contributed by atoms with Gasteiger partial charge in [-0.05, 0) is 69.4 Å². The number of amides is 1. The highest BCUT2D eigenvalue weighted by Gasteiger charge is 2.40. The minimum absolute atomic E-state index is 0.0517. The molecule has 0 spiro atoms. The predicted molar refractivity (Wildman–Crippen MR) is 146 cm³/mol. The predicted octanol–water partition coefficient (Wildman–Crippen LogP) is 5.77. The lowest BCUT2D eigenvalue weighted by molar-refractivity contribution is -0.118. The third-order valence-corrected chi connectivity index (χ3v) is 7.42. The third-order valence-electron chi connectivity index (χ3n) is 7.14. The highest BCUT2D eigenvalue weighted by molar-refractivity contribution is 6.32. The molecule has 2 N–H and O–H groups in total. The van der Waals surface area contributed by atoms with Gasteiger partial charge in [0.1, 0.15) is 0 Å². The zero-order valence-electron chi connectivity index (χ0n) is 21.6. The number of carbonyl (C=O) groups is 3. The van der Waals surface area contributed by atoms with Crippen LogP contribution in [0.5, 0.6) is 11.5 Å². The number of halogens is 1. The van der Waals surface area contributed by atoms with Gasteiger partial charge in [-0.15, -0.1) is 0 Å². The summed E-state index contributed by atoms with van der Waals surface area (Å²) in [5.74, 6) is -0.116. The number of hydrogen-bond acceptors (Lipinski definition) is 6. The first-order valence-electron chi connectivity index (χ1n) is 13.1. The fourth-order valence-electron chi connectivity index (χ4n) is 5.45. The number of rotatable bonds is 7. The van der Waals surface area contributed by atoms with Gasteiger partial charge >= 0.3 is 0 Å². The molecule has 7 nitrogen and oxygen atoms in total. The first kappa shape index (κ1) is 26.0. The van der Waals surface area contributed by atoms with Crippen molar-refractivity contribution in [2.24, 2.45) is 0 Å². The van der Waals surface area contributed by atoms with Crippen LogP contribution in [0.4, 0.5) is 5.69 Å². The van der Waals surface area contributed by atoms with E-state index in [4.69, 9.17) is 21.1 Å². The van der Waals surface area contributed by atoms with Crippen molar-refractivity contribution in [1.82, 2.24) is 5.32 Å². The van der Waals surface area contributed by atoms with E-state index in [-0.39, 0.29) is 34.9 Å². The van der Waals surface area contributed by atoms with Crippen LogP contribution in [0.25, 0.3) is 0 Å².